The standard InChI is InChI=1S/C15H18N4/c1-12-17-8-6-14(18-12)11-19-9-3-5-15(19)13-4-2-7-16-10-13/h2,4,6-8,10,15H,3,5,9,11H2,1H3. The number of aryl methyl sites for hydroxylation is 1. The zero-order chi connectivity index (χ0) is 13.1. The highest BCUT2D eigenvalue weighted by Crippen LogP contribution is 2.32. The van der Waals surface area contributed by atoms with Gasteiger partial charge in [0.1, 0.15) is 5.82 Å². The molecule has 1 unspecified atom stereocenters. The second-order valence-corrected chi connectivity index (χ2v) is 5.01. The number of rotatable bonds is 3. The molecule has 0 radical (unpaired) electrons. The average molecular weight is 254 g/mol. The van der Waals surface area contributed by atoms with Gasteiger partial charge < -0.3 is 0 Å². The molecule has 3 rings (SSSR count). The number of likely N-dealkylation sites (tertiary alicyclic amines) is 1. The molecular weight excluding hydrogens is 236 g/mol. The van der Waals surface area contributed by atoms with Crippen molar-refractivity contribution < 1.29 is 0 Å². The molecule has 98 valence electrons. The molecule has 0 spiro atoms. The summed E-state index contributed by atoms with van der Waals surface area (Å²) in [6.07, 6.45) is 8.09. The van der Waals surface area contributed by atoms with Crippen LogP contribution in [0.5, 0.6) is 0 Å². The van der Waals surface area contributed by atoms with Crippen LogP contribution >= 0.6 is 0 Å². The quantitative estimate of drug-likeness (QED) is 0.844. The van der Waals surface area contributed by atoms with Gasteiger partial charge in [-0.1, -0.05) is 6.07 Å². The molecule has 2 aromatic heterocycles. The van der Waals surface area contributed by atoms with Crippen LogP contribution in [0.2, 0.25) is 0 Å². The van der Waals surface area contributed by atoms with Crippen molar-refractivity contribution in [2.75, 3.05) is 6.54 Å². The summed E-state index contributed by atoms with van der Waals surface area (Å²) >= 11 is 0. The molecule has 2 aromatic rings. The lowest BCUT2D eigenvalue weighted by molar-refractivity contribution is 0.245. The highest BCUT2D eigenvalue weighted by atomic mass is 15.2. The number of hydrogen-bond acceptors (Lipinski definition) is 4. The normalized spacial score (nSPS) is 19.7. The molecule has 0 N–H and O–H groups in total. The second-order valence-electron chi connectivity index (χ2n) is 5.01. The lowest BCUT2D eigenvalue weighted by Crippen LogP contribution is -2.23. The van der Waals surface area contributed by atoms with E-state index in [2.05, 4.69) is 25.9 Å². The highest BCUT2D eigenvalue weighted by Gasteiger charge is 2.26. The summed E-state index contributed by atoms with van der Waals surface area (Å²) in [4.78, 5) is 15.4. The Morgan fingerprint density at radius 3 is 3.05 bits per heavy atom. The summed E-state index contributed by atoms with van der Waals surface area (Å²) in [6, 6.07) is 6.66. The van der Waals surface area contributed by atoms with Gasteiger partial charge in [-0.2, -0.15) is 0 Å². The van der Waals surface area contributed by atoms with Gasteiger partial charge >= 0.3 is 0 Å². The Morgan fingerprint density at radius 2 is 2.26 bits per heavy atom. The van der Waals surface area contributed by atoms with Crippen LogP contribution in [0.3, 0.4) is 0 Å². The average Bonchev–Trinajstić information content (AvgIpc) is 2.88. The first kappa shape index (κ1) is 12.2. The van der Waals surface area contributed by atoms with Crippen molar-refractivity contribution >= 4 is 0 Å². The van der Waals surface area contributed by atoms with E-state index in [0.717, 1.165) is 24.6 Å². The van der Waals surface area contributed by atoms with Gasteiger partial charge in [0, 0.05) is 31.2 Å². The molecule has 1 aliphatic heterocycles. The van der Waals surface area contributed by atoms with E-state index >= 15 is 0 Å². The van der Waals surface area contributed by atoms with Gasteiger partial charge in [0.05, 0.1) is 5.69 Å². The van der Waals surface area contributed by atoms with Crippen LogP contribution in [0.25, 0.3) is 0 Å². The maximum atomic E-state index is 4.50. The third-order valence-corrected chi connectivity index (χ3v) is 3.63. The van der Waals surface area contributed by atoms with Gasteiger partial charge in [-0.3, -0.25) is 9.88 Å². The first-order chi connectivity index (χ1) is 9.33. The van der Waals surface area contributed by atoms with E-state index in [1.807, 2.05) is 37.6 Å². The Balaban J connectivity index is 1.77. The summed E-state index contributed by atoms with van der Waals surface area (Å²) in [5, 5.41) is 0. The molecule has 3 heterocycles. The summed E-state index contributed by atoms with van der Waals surface area (Å²) in [7, 11) is 0. The van der Waals surface area contributed by atoms with Gasteiger partial charge in [-0.25, -0.2) is 9.97 Å². The van der Waals surface area contributed by atoms with E-state index in [-0.39, 0.29) is 0 Å². The molecule has 0 bridgehead atoms. The van der Waals surface area contributed by atoms with Crippen molar-refractivity contribution in [2.24, 2.45) is 0 Å². The summed E-state index contributed by atoms with van der Waals surface area (Å²) in [5.41, 5.74) is 2.41. The van der Waals surface area contributed by atoms with Gasteiger partial charge in [-0.15, -0.1) is 0 Å². The van der Waals surface area contributed by atoms with Crippen LogP contribution in [-0.2, 0) is 6.54 Å². The first-order valence-corrected chi connectivity index (χ1v) is 6.75. The fraction of sp³-hybridized carbons (Fsp3) is 0.400. The molecule has 1 aliphatic rings. The molecule has 4 nitrogen and oxygen atoms in total. The van der Waals surface area contributed by atoms with Crippen LogP contribution in [0.15, 0.2) is 36.8 Å². The smallest absolute Gasteiger partial charge is 0.125 e. The van der Waals surface area contributed by atoms with Crippen LogP contribution < -0.4 is 0 Å². The minimum absolute atomic E-state index is 0.476. The largest absolute Gasteiger partial charge is 0.290 e. The van der Waals surface area contributed by atoms with Crippen molar-refractivity contribution in [3.8, 4) is 0 Å². The van der Waals surface area contributed by atoms with E-state index in [0.29, 0.717) is 6.04 Å². The molecule has 1 fully saturated rings. The Kier molecular flexibility index (Phi) is 3.51. The number of hydrogen-bond donors (Lipinski definition) is 0. The number of aromatic nitrogens is 3. The van der Waals surface area contributed by atoms with Crippen molar-refractivity contribution in [3.63, 3.8) is 0 Å². The Bertz CT molecular complexity index is 541. The van der Waals surface area contributed by atoms with Crippen LogP contribution in [0, 0.1) is 6.92 Å². The summed E-state index contributed by atoms with van der Waals surface area (Å²) in [6.45, 7) is 3.96. The predicted molar refractivity (Wildman–Crippen MR) is 73.4 cm³/mol. The maximum Gasteiger partial charge on any atom is 0.125 e. The summed E-state index contributed by atoms with van der Waals surface area (Å²) in [5.74, 6) is 0.842. The topological polar surface area (TPSA) is 41.9 Å². The van der Waals surface area contributed by atoms with E-state index in [1.165, 1.54) is 18.4 Å². The van der Waals surface area contributed by atoms with Crippen molar-refractivity contribution in [1.29, 1.82) is 0 Å². The van der Waals surface area contributed by atoms with Gasteiger partial charge in [-0.05, 0) is 44.0 Å². The van der Waals surface area contributed by atoms with Crippen LogP contribution in [0.4, 0.5) is 0 Å². The third-order valence-electron chi connectivity index (χ3n) is 3.63. The molecule has 1 atom stereocenters. The first-order valence-electron chi connectivity index (χ1n) is 6.75. The minimum atomic E-state index is 0.476. The minimum Gasteiger partial charge on any atom is -0.290 e. The zero-order valence-corrected chi connectivity index (χ0v) is 11.2. The van der Waals surface area contributed by atoms with Gasteiger partial charge in [0.15, 0.2) is 0 Å². The van der Waals surface area contributed by atoms with Crippen LogP contribution in [0.1, 0.15) is 36.0 Å². The fourth-order valence-electron chi connectivity index (χ4n) is 2.77. The molecule has 0 saturated carbocycles. The fourth-order valence-corrected chi connectivity index (χ4v) is 2.77. The maximum absolute atomic E-state index is 4.50. The highest BCUT2D eigenvalue weighted by molar-refractivity contribution is 5.16. The molecule has 4 heteroatoms. The van der Waals surface area contributed by atoms with E-state index in [4.69, 9.17) is 0 Å². The van der Waals surface area contributed by atoms with Crippen molar-refractivity contribution in [3.05, 3.63) is 53.9 Å². The van der Waals surface area contributed by atoms with E-state index in [1.54, 1.807) is 0 Å². The third kappa shape index (κ3) is 2.79. The molecule has 1 saturated heterocycles. The lowest BCUT2D eigenvalue weighted by atomic mass is 10.1. The molecule has 0 amide bonds. The lowest BCUT2D eigenvalue weighted by Gasteiger charge is -2.24. The molecular formula is C15H18N4. The Labute approximate surface area is 113 Å². The van der Waals surface area contributed by atoms with Gasteiger partial charge in [0.2, 0.25) is 0 Å². The number of nitrogens with zero attached hydrogens (tertiary/aromatic N) is 4. The molecule has 0 aromatic carbocycles. The number of pyridine rings is 1. The van der Waals surface area contributed by atoms with Crippen molar-refractivity contribution in [2.45, 2.75) is 32.4 Å². The second kappa shape index (κ2) is 5.45. The summed E-state index contributed by atoms with van der Waals surface area (Å²) < 4.78 is 0. The van der Waals surface area contributed by atoms with E-state index in [9.17, 15) is 0 Å². The van der Waals surface area contributed by atoms with Gasteiger partial charge in [0.25, 0.3) is 0 Å². The molecule has 19 heavy (non-hydrogen) atoms. The predicted octanol–water partition coefficient (Wildman–Crippen LogP) is 2.52. The Morgan fingerprint density at radius 1 is 1.32 bits per heavy atom. The molecule has 0 aliphatic carbocycles. The Hall–Kier alpha value is -1.81. The van der Waals surface area contributed by atoms with E-state index < -0.39 is 0 Å². The monoisotopic (exact) mass is 254 g/mol. The van der Waals surface area contributed by atoms with Crippen molar-refractivity contribution in [1.82, 2.24) is 19.9 Å². The SMILES string of the molecule is Cc1nccc(CN2CCCC2c2cccnc2)n1. The van der Waals surface area contributed by atoms with Crippen LogP contribution in [-0.4, -0.2) is 26.4 Å². The zero-order valence-electron chi connectivity index (χ0n) is 11.2.